The van der Waals surface area contributed by atoms with E-state index in [9.17, 15) is 4.79 Å². The van der Waals surface area contributed by atoms with Crippen LogP contribution in [0.25, 0.3) is 0 Å². The molecule has 0 aromatic carbocycles. The molecule has 120 valence electrons. The summed E-state index contributed by atoms with van der Waals surface area (Å²) >= 11 is 0. The summed E-state index contributed by atoms with van der Waals surface area (Å²) in [5.41, 5.74) is -0.461. The van der Waals surface area contributed by atoms with Crippen molar-refractivity contribution in [3.05, 3.63) is 0 Å². The molecule has 6 nitrogen and oxygen atoms in total. The quantitative estimate of drug-likeness (QED) is 0.421. The minimum Gasteiger partial charge on any atom is -0.444 e. The van der Waals surface area contributed by atoms with Crippen molar-refractivity contribution in [3.63, 3.8) is 0 Å². The number of nitrogens with one attached hydrogen (secondary N) is 2. The average molecular weight is 400 g/mol. The third-order valence-electron chi connectivity index (χ3n) is 2.21. The fraction of sp³-hybridized carbons (Fsp3) is 0.846. The first-order valence-corrected chi connectivity index (χ1v) is 6.68. The van der Waals surface area contributed by atoms with Crippen LogP contribution in [0.4, 0.5) is 4.79 Å². The summed E-state index contributed by atoms with van der Waals surface area (Å²) in [6.45, 7) is 9.72. The first-order chi connectivity index (χ1) is 8.80. The number of hydrogen-bond donors (Lipinski definition) is 2. The van der Waals surface area contributed by atoms with Crippen molar-refractivity contribution in [2.75, 3.05) is 33.7 Å². The van der Waals surface area contributed by atoms with Crippen LogP contribution in [-0.2, 0) is 4.74 Å². The van der Waals surface area contributed by atoms with Gasteiger partial charge in [-0.2, -0.15) is 0 Å². The van der Waals surface area contributed by atoms with Gasteiger partial charge in [0.25, 0.3) is 0 Å². The maximum Gasteiger partial charge on any atom is 0.410 e. The largest absolute Gasteiger partial charge is 0.444 e. The number of ether oxygens (including phenoxy) is 1. The molecule has 0 aliphatic carbocycles. The third-order valence-corrected chi connectivity index (χ3v) is 2.21. The zero-order valence-corrected chi connectivity index (χ0v) is 15.8. The number of amides is 1. The monoisotopic (exact) mass is 400 g/mol. The summed E-state index contributed by atoms with van der Waals surface area (Å²) in [4.78, 5) is 17.3. The molecule has 7 heteroatoms. The van der Waals surface area contributed by atoms with Crippen molar-refractivity contribution in [1.82, 2.24) is 15.5 Å². The summed E-state index contributed by atoms with van der Waals surface area (Å²) in [7, 11) is 3.45. The van der Waals surface area contributed by atoms with E-state index < -0.39 is 5.60 Å². The molecule has 0 saturated heterocycles. The van der Waals surface area contributed by atoms with Crippen molar-refractivity contribution < 1.29 is 9.53 Å². The Bertz CT molecular complexity index is 303. The zero-order chi connectivity index (χ0) is 14.9. The molecule has 0 unspecified atom stereocenters. The summed E-state index contributed by atoms with van der Waals surface area (Å²) in [5, 5.41) is 6.31. The van der Waals surface area contributed by atoms with Crippen molar-refractivity contribution in [2.24, 2.45) is 4.99 Å². The van der Waals surface area contributed by atoms with Gasteiger partial charge < -0.3 is 20.3 Å². The molecular weight excluding hydrogens is 371 g/mol. The molecule has 20 heavy (non-hydrogen) atoms. The van der Waals surface area contributed by atoms with Crippen LogP contribution in [0.2, 0.25) is 0 Å². The van der Waals surface area contributed by atoms with E-state index in [0.717, 1.165) is 18.9 Å². The van der Waals surface area contributed by atoms with Crippen LogP contribution < -0.4 is 10.6 Å². The second-order valence-electron chi connectivity index (χ2n) is 5.33. The van der Waals surface area contributed by atoms with Crippen LogP contribution in [-0.4, -0.2) is 56.3 Å². The number of hydrogen-bond acceptors (Lipinski definition) is 3. The number of likely N-dealkylation sites (N-methyl/N-ethyl adjacent to an activating group) is 1. The van der Waals surface area contributed by atoms with Gasteiger partial charge in [0.1, 0.15) is 5.60 Å². The minimum absolute atomic E-state index is 0. The SMILES string of the molecule is CCCNC(=NC)NCCN(C)C(=O)OC(C)(C)C.I. The highest BCUT2D eigenvalue weighted by molar-refractivity contribution is 14.0. The highest BCUT2D eigenvalue weighted by Crippen LogP contribution is 2.08. The standard InChI is InChI=1S/C13H28N4O2.HI/c1-7-8-15-11(14-5)16-9-10-17(6)12(18)19-13(2,3)4;/h7-10H2,1-6H3,(H2,14,15,16);1H. The maximum atomic E-state index is 11.7. The molecule has 0 fully saturated rings. The molecule has 0 aromatic rings. The number of rotatable bonds is 5. The Balaban J connectivity index is 0. The van der Waals surface area contributed by atoms with Gasteiger partial charge in [-0.15, -0.1) is 24.0 Å². The van der Waals surface area contributed by atoms with Gasteiger partial charge >= 0.3 is 6.09 Å². The van der Waals surface area contributed by atoms with E-state index in [2.05, 4.69) is 22.5 Å². The van der Waals surface area contributed by atoms with Crippen molar-refractivity contribution >= 4 is 36.0 Å². The first-order valence-electron chi connectivity index (χ1n) is 6.68. The topological polar surface area (TPSA) is 66.0 Å². The number of guanidine groups is 1. The number of nitrogens with zero attached hydrogens (tertiary/aromatic N) is 2. The molecule has 0 heterocycles. The second kappa shape index (κ2) is 11.0. The molecule has 2 N–H and O–H groups in total. The Labute approximate surface area is 139 Å². The zero-order valence-electron chi connectivity index (χ0n) is 13.4. The molecule has 0 aliphatic rings. The summed E-state index contributed by atoms with van der Waals surface area (Å²) < 4.78 is 5.26. The summed E-state index contributed by atoms with van der Waals surface area (Å²) in [6, 6.07) is 0. The lowest BCUT2D eigenvalue weighted by Crippen LogP contribution is -2.43. The Morgan fingerprint density at radius 2 is 1.80 bits per heavy atom. The van der Waals surface area contributed by atoms with Crippen molar-refractivity contribution in [3.8, 4) is 0 Å². The van der Waals surface area contributed by atoms with Gasteiger partial charge in [-0.25, -0.2) is 4.79 Å². The van der Waals surface area contributed by atoms with Crippen LogP contribution in [0, 0.1) is 0 Å². The smallest absolute Gasteiger partial charge is 0.410 e. The molecule has 0 spiro atoms. The summed E-state index contributed by atoms with van der Waals surface area (Å²) in [6.07, 6.45) is 0.726. The molecule has 0 radical (unpaired) electrons. The normalized spacial score (nSPS) is 11.4. The highest BCUT2D eigenvalue weighted by Gasteiger charge is 2.19. The fourth-order valence-corrected chi connectivity index (χ4v) is 1.24. The van der Waals surface area contributed by atoms with E-state index in [4.69, 9.17) is 4.74 Å². The van der Waals surface area contributed by atoms with E-state index in [1.54, 1.807) is 19.0 Å². The van der Waals surface area contributed by atoms with Gasteiger partial charge in [-0.1, -0.05) is 6.92 Å². The molecule has 0 bridgehead atoms. The lowest BCUT2D eigenvalue weighted by molar-refractivity contribution is 0.0302. The van der Waals surface area contributed by atoms with E-state index in [0.29, 0.717) is 13.1 Å². The molecule has 0 saturated carbocycles. The van der Waals surface area contributed by atoms with Gasteiger partial charge in [-0.3, -0.25) is 4.99 Å². The van der Waals surface area contributed by atoms with Gasteiger partial charge in [0.05, 0.1) is 0 Å². The van der Waals surface area contributed by atoms with E-state index >= 15 is 0 Å². The van der Waals surface area contributed by atoms with Crippen molar-refractivity contribution in [2.45, 2.75) is 39.7 Å². The van der Waals surface area contributed by atoms with E-state index in [1.165, 1.54) is 0 Å². The predicted octanol–water partition coefficient (Wildman–Crippen LogP) is 2.05. The maximum absolute atomic E-state index is 11.7. The number of halogens is 1. The predicted molar refractivity (Wildman–Crippen MR) is 93.9 cm³/mol. The minimum atomic E-state index is -0.461. The molecule has 0 rings (SSSR count). The average Bonchev–Trinajstić information content (AvgIpc) is 2.31. The first kappa shape index (κ1) is 21.6. The molecule has 1 amide bonds. The highest BCUT2D eigenvalue weighted by atomic mass is 127. The molecule has 0 aromatic heterocycles. The van der Waals surface area contributed by atoms with Crippen LogP contribution >= 0.6 is 24.0 Å². The van der Waals surface area contributed by atoms with Gasteiger partial charge in [0, 0.05) is 33.7 Å². The Hall–Kier alpha value is -0.730. The lowest BCUT2D eigenvalue weighted by atomic mass is 10.2. The van der Waals surface area contributed by atoms with Crippen LogP contribution in [0.1, 0.15) is 34.1 Å². The second-order valence-corrected chi connectivity index (χ2v) is 5.33. The Morgan fingerprint density at radius 1 is 1.25 bits per heavy atom. The third kappa shape index (κ3) is 11.1. The van der Waals surface area contributed by atoms with Gasteiger partial charge in [0.15, 0.2) is 5.96 Å². The fourth-order valence-electron chi connectivity index (χ4n) is 1.24. The van der Waals surface area contributed by atoms with Crippen LogP contribution in [0.5, 0.6) is 0 Å². The van der Waals surface area contributed by atoms with E-state index in [1.807, 2.05) is 20.8 Å². The number of carbonyl (C=O) groups is 1. The molecular formula is C13H29IN4O2. The lowest BCUT2D eigenvalue weighted by Gasteiger charge is -2.24. The Kier molecular flexibility index (Phi) is 11.8. The van der Waals surface area contributed by atoms with Crippen molar-refractivity contribution in [1.29, 1.82) is 0 Å². The number of carbonyl (C=O) groups excluding carboxylic acids is 1. The molecule has 0 aliphatic heterocycles. The van der Waals surface area contributed by atoms with Crippen LogP contribution in [0.15, 0.2) is 4.99 Å². The van der Waals surface area contributed by atoms with Crippen LogP contribution in [0.3, 0.4) is 0 Å². The Morgan fingerprint density at radius 3 is 2.25 bits per heavy atom. The molecule has 0 atom stereocenters. The summed E-state index contributed by atoms with van der Waals surface area (Å²) in [5.74, 6) is 0.749. The van der Waals surface area contributed by atoms with E-state index in [-0.39, 0.29) is 30.1 Å². The van der Waals surface area contributed by atoms with Gasteiger partial charge in [-0.05, 0) is 27.2 Å². The number of aliphatic imine (C=N–C) groups is 1. The van der Waals surface area contributed by atoms with Gasteiger partial charge in [0.2, 0.25) is 0 Å².